The molecule has 0 aliphatic rings. The Balaban J connectivity index is 1.97. The van der Waals surface area contributed by atoms with Crippen LogP contribution in [0.25, 0.3) is 5.52 Å². The molecule has 5 nitrogen and oxygen atoms in total. The number of hydrogen-bond acceptors (Lipinski definition) is 3. The van der Waals surface area contributed by atoms with Crippen LogP contribution in [0.5, 0.6) is 5.75 Å². The number of aryl methyl sites for hydroxylation is 1. The Bertz CT molecular complexity index is 858. The molecule has 0 amide bonds. The number of rotatable bonds is 4. The zero-order valence-corrected chi connectivity index (χ0v) is 11.8. The molecule has 0 saturated heterocycles. The van der Waals surface area contributed by atoms with Crippen molar-refractivity contribution in [1.29, 1.82) is 0 Å². The molecule has 2 heterocycles. The number of aromatic nitrogens is 2. The summed E-state index contributed by atoms with van der Waals surface area (Å²) in [5, 5.41) is 9.24. The van der Waals surface area contributed by atoms with Gasteiger partial charge in [0.25, 0.3) is 0 Å². The third-order valence-corrected chi connectivity index (χ3v) is 3.27. The summed E-state index contributed by atoms with van der Waals surface area (Å²) < 4.78 is 20.6. The lowest BCUT2D eigenvalue weighted by atomic mass is 10.2. The molecule has 0 bridgehead atoms. The molecule has 0 aliphatic carbocycles. The van der Waals surface area contributed by atoms with Crippen LogP contribution in [0.4, 0.5) is 4.39 Å². The van der Waals surface area contributed by atoms with Gasteiger partial charge in [-0.2, -0.15) is 0 Å². The van der Waals surface area contributed by atoms with Crippen molar-refractivity contribution in [2.24, 2.45) is 0 Å². The lowest BCUT2D eigenvalue weighted by molar-refractivity contribution is 0.0693. The molecule has 0 aliphatic heterocycles. The Labute approximate surface area is 125 Å². The summed E-state index contributed by atoms with van der Waals surface area (Å²) in [6.45, 7) is 1.84. The largest absolute Gasteiger partial charge is 0.483 e. The van der Waals surface area contributed by atoms with E-state index in [4.69, 9.17) is 4.74 Å². The van der Waals surface area contributed by atoms with Gasteiger partial charge in [-0.25, -0.2) is 14.2 Å². The van der Waals surface area contributed by atoms with Crippen molar-refractivity contribution < 1.29 is 19.0 Å². The van der Waals surface area contributed by atoms with E-state index in [1.165, 1.54) is 12.1 Å². The minimum Gasteiger partial charge on any atom is -0.483 e. The molecule has 112 valence electrons. The van der Waals surface area contributed by atoms with Crippen LogP contribution in [-0.4, -0.2) is 20.5 Å². The Morgan fingerprint density at radius 1 is 1.36 bits per heavy atom. The smallest absolute Gasteiger partial charge is 0.356 e. The van der Waals surface area contributed by atoms with E-state index in [1.807, 2.05) is 13.0 Å². The molecular formula is C16H13FN2O3. The average Bonchev–Trinajstić information content (AvgIpc) is 2.84. The first-order chi connectivity index (χ1) is 10.6. The number of pyridine rings is 1. The second-order valence-corrected chi connectivity index (χ2v) is 4.86. The fraction of sp³-hybridized carbons (Fsp3) is 0.125. The van der Waals surface area contributed by atoms with Crippen molar-refractivity contribution in [2.75, 3.05) is 0 Å². The first-order valence-electron chi connectivity index (χ1n) is 6.64. The van der Waals surface area contributed by atoms with Crippen molar-refractivity contribution >= 4 is 11.5 Å². The van der Waals surface area contributed by atoms with E-state index < -0.39 is 11.8 Å². The Morgan fingerprint density at radius 3 is 2.86 bits per heavy atom. The highest BCUT2D eigenvalue weighted by Crippen LogP contribution is 2.19. The molecule has 0 saturated carbocycles. The Kier molecular flexibility index (Phi) is 3.50. The normalized spacial score (nSPS) is 10.8. The number of ether oxygens (including phenoxy) is 1. The molecule has 0 unspecified atom stereocenters. The maximum absolute atomic E-state index is 13.5. The van der Waals surface area contributed by atoms with Gasteiger partial charge in [-0.3, -0.25) is 4.40 Å². The molecule has 3 rings (SSSR count). The molecule has 0 atom stereocenters. The maximum atomic E-state index is 13.5. The fourth-order valence-electron chi connectivity index (χ4n) is 2.22. The topological polar surface area (TPSA) is 63.8 Å². The summed E-state index contributed by atoms with van der Waals surface area (Å²) in [6.07, 6.45) is 1.73. The number of carbonyl (C=O) groups is 1. The molecule has 1 N–H and O–H groups in total. The second kappa shape index (κ2) is 5.48. The van der Waals surface area contributed by atoms with Gasteiger partial charge in [0.05, 0.1) is 5.52 Å². The number of fused-ring (bicyclic) bond motifs is 1. The van der Waals surface area contributed by atoms with Crippen LogP contribution in [-0.2, 0) is 6.61 Å². The lowest BCUT2D eigenvalue weighted by Gasteiger charge is -2.06. The van der Waals surface area contributed by atoms with E-state index in [0.29, 0.717) is 11.3 Å². The Morgan fingerprint density at radius 2 is 2.14 bits per heavy atom. The first-order valence-corrected chi connectivity index (χ1v) is 6.64. The standard InChI is InChI=1S/C16H13FN2O3/c1-10-6-7-19-12(8-10)15(16(20)21)18-14(19)9-22-13-5-3-2-4-11(13)17/h2-8H,9H2,1H3,(H,20,21). The molecule has 22 heavy (non-hydrogen) atoms. The van der Waals surface area contributed by atoms with Gasteiger partial charge in [-0.15, -0.1) is 0 Å². The number of para-hydroxylation sites is 1. The van der Waals surface area contributed by atoms with Crippen LogP contribution in [0.3, 0.4) is 0 Å². The van der Waals surface area contributed by atoms with E-state index in [0.717, 1.165) is 5.56 Å². The zero-order chi connectivity index (χ0) is 15.7. The van der Waals surface area contributed by atoms with E-state index in [-0.39, 0.29) is 18.1 Å². The number of halogens is 1. The van der Waals surface area contributed by atoms with Gasteiger partial charge in [-0.1, -0.05) is 12.1 Å². The van der Waals surface area contributed by atoms with Crippen molar-refractivity contribution in [3.05, 3.63) is 65.5 Å². The van der Waals surface area contributed by atoms with Gasteiger partial charge in [0, 0.05) is 6.20 Å². The number of carboxylic acids is 1. The fourth-order valence-corrected chi connectivity index (χ4v) is 2.22. The maximum Gasteiger partial charge on any atom is 0.356 e. The van der Waals surface area contributed by atoms with Crippen molar-refractivity contribution in [1.82, 2.24) is 9.38 Å². The van der Waals surface area contributed by atoms with Crippen LogP contribution in [0.1, 0.15) is 21.9 Å². The molecule has 0 fully saturated rings. The highest BCUT2D eigenvalue weighted by Gasteiger charge is 2.17. The number of imidazole rings is 1. The molecule has 0 spiro atoms. The minimum atomic E-state index is -1.11. The molecular weight excluding hydrogens is 287 g/mol. The number of carboxylic acid groups (broad SMARTS) is 1. The van der Waals surface area contributed by atoms with Crippen LogP contribution < -0.4 is 4.74 Å². The molecule has 0 radical (unpaired) electrons. The predicted octanol–water partition coefficient (Wildman–Crippen LogP) is 3.06. The number of nitrogens with zero attached hydrogens (tertiary/aromatic N) is 2. The predicted molar refractivity (Wildman–Crippen MR) is 77.6 cm³/mol. The number of aromatic carboxylic acids is 1. The highest BCUT2D eigenvalue weighted by molar-refractivity contribution is 5.93. The van der Waals surface area contributed by atoms with Crippen LogP contribution >= 0.6 is 0 Å². The van der Waals surface area contributed by atoms with Gasteiger partial charge in [0.1, 0.15) is 6.61 Å². The van der Waals surface area contributed by atoms with Gasteiger partial charge in [0.2, 0.25) is 0 Å². The summed E-state index contributed by atoms with van der Waals surface area (Å²) in [5.41, 5.74) is 1.37. The molecule has 3 aromatic rings. The Hall–Kier alpha value is -2.89. The lowest BCUT2D eigenvalue weighted by Crippen LogP contribution is -2.02. The van der Waals surface area contributed by atoms with E-state index >= 15 is 0 Å². The summed E-state index contributed by atoms with van der Waals surface area (Å²) >= 11 is 0. The van der Waals surface area contributed by atoms with Crippen LogP contribution in [0, 0.1) is 12.7 Å². The van der Waals surface area contributed by atoms with Gasteiger partial charge < -0.3 is 9.84 Å². The summed E-state index contributed by atoms with van der Waals surface area (Å²) in [7, 11) is 0. The van der Waals surface area contributed by atoms with Crippen molar-refractivity contribution in [2.45, 2.75) is 13.5 Å². The summed E-state index contributed by atoms with van der Waals surface area (Å²) in [5.74, 6) is -1.09. The number of hydrogen-bond donors (Lipinski definition) is 1. The van der Waals surface area contributed by atoms with E-state index in [9.17, 15) is 14.3 Å². The monoisotopic (exact) mass is 300 g/mol. The average molecular weight is 300 g/mol. The summed E-state index contributed by atoms with van der Waals surface area (Å²) in [6, 6.07) is 9.61. The van der Waals surface area contributed by atoms with Crippen molar-refractivity contribution in [3.8, 4) is 5.75 Å². The molecule has 6 heteroatoms. The summed E-state index contributed by atoms with van der Waals surface area (Å²) in [4.78, 5) is 15.4. The van der Waals surface area contributed by atoms with E-state index in [2.05, 4.69) is 4.98 Å². The van der Waals surface area contributed by atoms with Gasteiger partial charge in [0.15, 0.2) is 23.1 Å². The van der Waals surface area contributed by atoms with Crippen LogP contribution in [0.2, 0.25) is 0 Å². The third kappa shape index (κ3) is 2.50. The zero-order valence-electron chi connectivity index (χ0n) is 11.8. The first kappa shape index (κ1) is 14.1. The highest BCUT2D eigenvalue weighted by atomic mass is 19.1. The van der Waals surface area contributed by atoms with Crippen LogP contribution in [0.15, 0.2) is 42.6 Å². The quantitative estimate of drug-likeness (QED) is 0.804. The van der Waals surface area contributed by atoms with Gasteiger partial charge in [-0.05, 0) is 36.8 Å². The number of benzene rings is 1. The van der Waals surface area contributed by atoms with E-state index in [1.54, 1.807) is 28.8 Å². The minimum absolute atomic E-state index is 0.0293. The second-order valence-electron chi connectivity index (χ2n) is 4.86. The van der Waals surface area contributed by atoms with Crippen molar-refractivity contribution in [3.63, 3.8) is 0 Å². The molecule has 2 aromatic heterocycles. The molecule has 1 aromatic carbocycles. The third-order valence-electron chi connectivity index (χ3n) is 3.27. The van der Waals surface area contributed by atoms with Gasteiger partial charge >= 0.3 is 5.97 Å². The SMILES string of the molecule is Cc1ccn2c(COc3ccccc3F)nc(C(=O)O)c2c1.